The van der Waals surface area contributed by atoms with Gasteiger partial charge in [0.25, 0.3) is 11.6 Å². The summed E-state index contributed by atoms with van der Waals surface area (Å²) in [5, 5.41) is 12.8. The zero-order valence-electron chi connectivity index (χ0n) is 23.4. The lowest BCUT2D eigenvalue weighted by Crippen LogP contribution is -2.56. The van der Waals surface area contributed by atoms with Crippen LogP contribution in [0.4, 0.5) is 16.2 Å². The van der Waals surface area contributed by atoms with Crippen LogP contribution in [0.2, 0.25) is 0 Å². The summed E-state index contributed by atoms with van der Waals surface area (Å²) in [5.74, 6) is -1.38. The molecule has 214 valence electrons. The molecule has 0 radical (unpaired) electrons. The van der Waals surface area contributed by atoms with E-state index in [1.807, 2.05) is 81.4 Å². The molecular formula is C31H35N5O5. The summed E-state index contributed by atoms with van der Waals surface area (Å²) in [6.07, 6.45) is 0.337. The first kappa shape index (κ1) is 29.3. The van der Waals surface area contributed by atoms with Crippen molar-refractivity contribution in [2.24, 2.45) is 11.1 Å². The molecule has 0 bridgehead atoms. The van der Waals surface area contributed by atoms with Crippen molar-refractivity contribution in [3.05, 3.63) is 106 Å². The maximum Gasteiger partial charge on any atom is 0.320 e. The SMILES string of the molecule is CC(C)(C)CC(=O)NN1CC(c2ccccc2)C(c2ccccc2)CC(N(C(N)=O)c2cccc([N+](=O)[O-])c2)C1=O. The van der Waals surface area contributed by atoms with Crippen molar-refractivity contribution in [2.45, 2.75) is 51.5 Å². The Hall–Kier alpha value is -4.73. The number of hydrazine groups is 1. The van der Waals surface area contributed by atoms with Gasteiger partial charge in [-0.15, -0.1) is 0 Å². The number of hydrogen-bond acceptors (Lipinski definition) is 5. The molecule has 1 heterocycles. The van der Waals surface area contributed by atoms with Crippen LogP contribution in [-0.2, 0) is 9.59 Å². The van der Waals surface area contributed by atoms with Crippen LogP contribution in [-0.4, -0.2) is 40.4 Å². The average Bonchev–Trinajstić information content (AvgIpc) is 3.06. The third kappa shape index (κ3) is 7.08. The summed E-state index contributed by atoms with van der Waals surface area (Å²) in [7, 11) is 0. The molecule has 1 aliphatic rings. The molecule has 1 saturated heterocycles. The highest BCUT2D eigenvalue weighted by atomic mass is 16.6. The number of nitrogens with two attached hydrogens (primary N) is 1. The molecule has 0 saturated carbocycles. The van der Waals surface area contributed by atoms with Gasteiger partial charge in [0, 0.05) is 31.0 Å². The van der Waals surface area contributed by atoms with Gasteiger partial charge < -0.3 is 5.73 Å². The molecule has 0 aromatic heterocycles. The zero-order valence-corrected chi connectivity index (χ0v) is 23.4. The van der Waals surface area contributed by atoms with Gasteiger partial charge in [-0.1, -0.05) is 87.5 Å². The maximum atomic E-state index is 14.3. The minimum Gasteiger partial charge on any atom is -0.351 e. The minimum absolute atomic E-state index is 0.121. The highest BCUT2D eigenvalue weighted by Gasteiger charge is 2.43. The number of primary amides is 1. The Balaban J connectivity index is 1.86. The van der Waals surface area contributed by atoms with E-state index in [1.165, 1.54) is 29.3 Å². The third-order valence-corrected chi connectivity index (χ3v) is 7.17. The number of carbonyl (C=O) groups is 3. The van der Waals surface area contributed by atoms with Crippen LogP contribution in [0.1, 0.15) is 56.6 Å². The van der Waals surface area contributed by atoms with E-state index in [1.54, 1.807) is 0 Å². The summed E-state index contributed by atoms with van der Waals surface area (Å²) in [4.78, 5) is 52.4. The molecule has 1 aliphatic heterocycles. The summed E-state index contributed by atoms with van der Waals surface area (Å²) in [6.45, 7) is 5.93. The summed E-state index contributed by atoms with van der Waals surface area (Å²) in [6, 6.07) is 22.7. The lowest BCUT2D eigenvalue weighted by atomic mass is 9.78. The first-order chi connectivity index (χ1) is 19.4. The van der Waals surface area contributed by atoms with Crippen LogP contribution >= 0.6 is 0 Å². The van der Waals surface area contributed by atoms with Crippen molar-refractivity contribution in [1.29, 1.82) is 0 Å². The Morgan fingerprint density at radius 3 is 2.10 bits per heavy atom. The fourth-order valence-corrected chi connectivity index (χ4v) is 5.41. The van der Waals surface area contributed by atoms with E-state index < -0.39 is 22.9 Å². The largest absolute Gasteiger partial charge is 0.351 e. The Morgan fingerprint density at radius 2 is 1.56 bits per heavy atom. The van der Waals surface area contributed by atoms with Crippen LogP contribution in [0.3, 0.4) is 0 Å². The quantitative estimate of drug-likeness (QED) is 0.307. The number of nitro benzene ring substituents is 1. The highest BCUT2D eigenvalue weighted by Crippen LogP contribution is 2.41. The Kier molecular flexibility index (Phi) is 8.71. The smallest absolute Gasteiger partial charge is 0.320 e. The first-order valence-corrected chi connectivity index (χ1v) is 13.5. The Bertz CT molecular complexity index is 1410. The Labute approximate surface area is 239 Å². The third-order valence-electron chi connectivity index (χ3n) is 7.17. The van der Waals surface area contributed by atoms with Crippen LogP contribution < -0.4 is 16.1 Å². The molecule has 1 fully saturated rings. The standard InChI is InChI=1S/C31H35N5O5/c1-31(2,3)19-28(37)33-34-20-26(22-13-8-5-9-14-22)25(21-11-6-4-7-12-21)18-27(29(34)38)35(30(32)39)23-15-10-16-24(17-23)36(40)41/h4-17,25-27H,18-20H2,1-3H3,(H2,32,39)(H,33,37). The van der Waals surface area contributed by atoms with E-state index in [2.05, 4.69) is 5.43 Å². The molecule has 0 aliphatic carbocycles. The van der Waals surface area contributed by atoms with Gasteiger partial charge in [-0.2, -0.15) is 0 Å². The molecule has 10 heteroatoms. The number of benzene rings is 3. The number of hydrogen-bond donors (Lipinski definition) is 2. The molecule has 3 N–H and O–H groups in total. The van der Waals surface area contributed by atoms with Crippen molar-refractivity contribution in [3.63, 3.8) is 0 Å². The van der Waals surface area contributed by atoms with Gasteiger partial charge in [0.05, 0.1) is 10.6 Å². The van der Waals surface area contributed by atoms with Crippen molar-refractivity contribution in [1.82, 2.24) is 10.4 Å². The van der Waals surface area contributed by atoms with Gasteiger partial charge >= 0.3 is 6.03 Å². The maximum absolute atomic E-state index is 14.3. The number of amides is 4. The second-order valence-corrected chi connectivity index (χ2v) is 11.5. The van der Waals surface area contributed by atoms with E-state index in [0.29, 0.717) is 0 Å². The van der Waals surface area contributed by atoms with Crippen LogP contribution in [0.25, 0.3) is 0 Å². The number of carbonyl (C=O) groups excluding carboxylic acids is 3. The molecule has 41 heavy (non-hydrogen) atoms. The van der Waals surface area contributed by atoms with E-state index in [-0.39, 0.29) is 53.9 Å². The number of rotatable bonds is 7. The normalized spacial score (nSPS) is 19.2. The number of nitrogens with zero attached hydrogens (tertiary/aromatic N) is 3. The predicted octanol–water partition coefficient (Wildman–Crippen LogP) is 5.12. The van der Waals surface area contributed by atoms with Gasteiger partial charge in [-0.05, 0) is 34.9 Å². The average molecular weight is 558 g/mol. The van der Waals surface area contributed by atoms with E-state index in [9.17, 15) is 24.5 Å². The van der Waals surface area contributed by atoms with Crippen molar-refractivity contribution >= 4 is 29.2 Å². The van der Waals surface area contributed by atoms with Gasteiger partial charge in [0.1, 0.15) is 6.04 Å². The lowest BCUT2D eigenvalue weighted by molar-refractivity contribution is -0.384. The molecule has 3 atom stereocenters. The molecule has 4 amide bonds. The monoisotopic (exact) mass is 557 g/mol. The molecular weight excluding hydrogens is 522 g/mol. The number of anilines is 1. The van der Waals surface area contributed by atoms with Crippen LogP contribution in [0.15, 0.2) is 84.9 Å². The van der Waals surface area contributed by atoms with Crippen molar-refractivity contribution in [3.8, 4) is 0 Å². The zero-order chi connectivity index (χ0) is 29.7. The number of nitrogens with one attached hydrogen (secondary N) is 1. The molecule has 3 aromatic rings. The molecule has 0 spiro atoms. The predicted molar refractivity (Wildman–Crippen MR) is 156 cm³/mol. The van der Waals surface area contributed by atoms with Gasteiger partial charge in [0.2, 0.25) is 5.91 Å². The number of urea groups is 1. The van der Waals surface area contributed by atoms with Gasteiger partial charge in [-0.3, -0.25) is 35.0 Å². The second-order valence-electron chi connectivity index (χ2n) is 11.5. The Morgan fingerprint density at radius 1 is 0.976 bits per heavy atom. The first-order valence-electron chi connectivity index (χ1n) is 13.5. The second kappa shape index (κ2) is 12.2. The van der Waals surface area contributed by atoms with Gasteiger partial charge in [-0.25, -0.2) is 4.79 Å². The molecule has 10 nitrogen and oxygen atoms in total. The topological polar surface area (TPSA) is 139 Å². The van der Waals surface area contributed by atoms with E-state index >= 15 is 0 Å². The van der Waals surface area contributed by atoms with Crippen LogP contribution in [0.5, 0.6) is 0 Å². The van der Waals surface area contributed by atoms with Crippen molar-refractivity contribution in [2.75, 3.05) is 11.4 Å². The molecule has 3 unspecified atom stereocenters. The number of nitro groups is 1. The fourth-order valence-electron chi connectivity index (χ4n) is 5.41. The summed E-state index contributed by atoms with van der Waals surface area (Å²) >= 11 is 0. The molecule has 4 rings (SSSR count). The molecule has 3 aromatic carbocycles. The highest BCUT2D eigenvalue weighted by molar-refractivity contribution is 6.00. The number of non-ortho nitro benzene ring substituents is 1. The lowest BCUT2D eigenvalue weighted by Gasteiger charge is -2.32. The van der Waals surface area contributed by atoms with E-state index in [4.69, 9.17) is 5.73 Å². The van der Waals surface area contributed by atoms with Crippen molar-refractivity contribution < 1.29 is 19.3 Å². The summed E-state index contributed by atoms with van der Waals surface area (Å²) < 4.78 is 0. The summed E-state index contributed by atoms with van der Waals surface area (Å²) in [5.41, 5.74) is 10.1. The fraction of sp³-hybridized carbons (Fsp3) is 0.323. The van der Waals surface area contributed by atoms with E-state index in [0.717, 1.165) is 16.0 Å². The van der Waals surface area contributed by atoms with Crippen LogP contribution in [0, 0.1) is 15.5 Å². The van der Waals surface area contributed by atoms with Gasteiger partial charge in [0.15, 0.2) is 0 Å². The minimum atomic E-state index is -1.15.